The van der Waals surface area contributed by atoms with Gasteiger partial charge in [-0.1, -0.05) is 23.7 Å². The number of nitriles is 1. The Morgan fingerprint density at radius 3 is 2.46 bits per heavy atom. The van der Waals surface area contributed by atoms with Crippen molar-refractivity contribution in [3.63, 3.8) is 0 Å². The Hall–Kier alpha value is -2.97. The Morgan fingerprint density at radius 1 is 1.17 bits per heavy atom. The molecule has 0 spiro atoms. The molecular weight excluding hydrogens is 324 g/mol. The van der Waals surface area contributed by atoms with E-state index in [9.17, 15) is 4.79 Å². The topological polar surface area (TPSA) is 71.6 Å². The molecule has 1 unspecified atom stereocenters. The van der Waals surface area contributed by atoms with Crippen molar-refractivity contribution in [1.29, 1.82) is 5.26 Å². The molecule has 0 aliphatic carbocycles. The van der Waals surface area contributed by atoms with Crippen LogP contribution in [0, 0.1) is 11.3 Å². The molecule has 0 aliphatic heterocycles. The Bertz CT molecular complexity index is 865. The first-order chi connectivity index (χ1) is 11.7. The molecule has 3 rings (SSSR count). The van der Waals surface area contributed by atoms with Crippen LogP contribution in [-0.4, -0.2) is 20.5 Å². The van der Waals surface area contributed by atoms with Crippen molar-refractivity contribution in [2.45, 2.75) is 12.5 Å². The van der Waals surface area contributed by atoms with Gasteiger partial charge in [-0.25, -0.2) is 9.67 Å². The van der Waals surface area contributed by atoms with E-state index in [1.165, 1.54) is 12.7 Å². The highest BCUT2D eigenvalue weighted by atomic mass is 35.5. The van der Waals surface area contributed by atoms with Crippen molar-refractivity contribution < 1.29 is 4.79 Å². The van der Waals surface area contributed by atoms with E-state index >= 15 is 0 Å². The summed E-state index contributed by atoms with van der Waals surface area (Å²) >= 11 is 5.89. The molecule has 24 heavy (non-hydrogen) atoms. The second-order valence-corrected chi connectivity index (χ2v) is 5.71. The van der Waals surface area contributed by atoms with Gasteiger partial charge < -0.3 is 0 Å². The lowest BCUT2D eigenvalue weighted by molar-refractivity contribution is 0.0916. The minimum atomic E-state index is -0.512. The van der Waals surface area contributed by atoms with Crippen LogP contribution in [0.1, 0.15) is 27.5 Å². The molecule has 1 aromatic heterocycles. The monoisotopic (exact) mass is 336 g/mol. The summed E-state index contributed by atoms with van der Waals surface area (Å²) in [7, 11) is 0. The minimum Gasteiger partial charge on any atom is -0.292 e. The van der Waals surface area contributed by atoms with Crippen molar-refractivity contribution >= 4 is 17.4 Å². The lowest BCUT2D eigenvalue weighted by atomic mass is 9.97. The van der Waals surface area contributed by atoms with Gasteiger partial charge in [0.2, 0.25) is 0 Å². The van der Waals surface area contributed by atoms with Crippen LogP contribution in [0.3, 0.4) is 0 Å². The number of benzene rings is 2. The Morgan fingerprint density at radius 2 is 1.88 bits per heavy atom. The zero-order valence-corrected chi connectivity index (χ0v) is 13.4. The maximum absolute atomic E-state index is 12.9. The molecule has 3 aromatic rings. The van der Waals surface area contributed by atoms with Crippen LogP contribution in [0.4, 0.5) is 0 Å². The molecule has 2 aromatic carbocycles. The first-order valence-electron chi connectivity index (χ1n) is 7.30. The van der Waals surface area contributed by atoms with Gasteiger partial charge in [0.1, 0.15) is 18.7 Å². The summed E-state index contributed by atoms with van der Waals surface area (Å²) in [6.45, 7) is 0. The molecule has 0 saturated carbocycles. The number of hydrogen-bond acceptors (Lipinski definition) is 4. The second-order valence-electron chi connectivity index (χ2n) is 5.28. The highest BCUT2D eigenvalue weighted by molar-refractivity contribution is 6.30. The van der Waals surface area contributed by atoms with E-state index in [2.05, 4.69) is 16.2 Å². The molecule has 1 atom stereocenters. The number of ketones is 1. The second kappa shape index (κ2) is 7.07. The fourth-order valence-electron chi connectivity index (χ4n) is 2.43. The van der Waals surface area contributed by atoms with Crippen molar-refractivity contribution in [3.05, 3.63) is 82.9 Å². The lowest BCUT2D eigenvalue weighted by Gasteiger charge is -2.16. The van der Waals surface area contributed by atoms with Crippen LogP contribution in [-0.2, 0) is 6.42 Å². The van der Waals surface area contributed by atoms with E-state index in [-0.39, 0.29) is 5.78 Å². The van der Waals surface area contributed by atoms with Crippen molar-refractivity contribution in [3.8, 4) is 6.07 Å². The number of Topliss-reactive ketones (excluding diaryl/α,β-unsaturated/α-hetero) is 1. The largest absolute Gasteiger partial charge is 0.292 e. The van der Waals surface area contributed by atoms with E-state index in [1.807, 2.05) is 12.1 Å². The summed E-state index contributed by atoms with van der Waals surface area (Å²) in [5, 5.41) is 13.6. The van der Waals surface area contributed by atoms with Gasteiger partial charge in [-0.15, -0.1) is 0 Å². The Balaban J connectivity index is 1.90. The van der Waals surface area contributed by atoms with Gasteiger partial charge in [-0.2, -0.15) is 10.4 Å². The summed E-state index contributed by atoms with van der Waals surface area (Å²) < 4.78 is 1.55. The number of carbonyl (C=O) groups is 1. The van der Waals surface area contributed by atoms with E-state index in [4.69, 9.17) is 16.9 Å². The predicted molar refractivity (Wildman–Crippen MR) is 89.7 cm³/mol. The third-order valence-corrected chi connectivity index (χ3v) is 3.95. The zero-order chi connectivity index (χ0) is 16.9. The van der Waals surface area contributed by atoms with Crippen LogP contribution in [0.5, 0.6) is 0 Å². The number of halogens is 1. The Kier molecular flexibility index (Phi) is 4.69. The average molecular weight is 337 g/mol. The molecule has 0 fully saturated rings. The quantitative estimate of drug-likeness (QED) is 0.669. The number of rotatable bonds is 5. The lowest BCUT2D eigenvalue weighted by Crippen LogP contribution is -2.22. The normalized spacial score (nSPS) is 11.7. The van der Waals surface area contributed by atoms with Gasteiger partial charge in [0.05, 0.1) is 11.6 Å². The number of carbonyl (C=O) groups excluding carboxylic acids is 1. The standard InChI is InChI=1S/C18H13ClN4O/c19-16-7-5-15(6-8-16)18(24)17(23-12-21-11-22-23)9-13-1-3-14(10-20)4-2-13/h1-8,11-12,17H,9H2. The van der Waals surface area contributed by atoms with Crippen molar-refractivity contribution in [2.75, 3.05) is 0 Å². The minimum absolute atomic E-state index is 0.0680. The van der Waals surface area contributed by atoms with Crippen LogP contribution >= 0.6 is 11.6 Å². The summed E-state index contributed by atoms with van der Waals surface area (Å²) in [6, 6.07) is 15.5. The molecule has 0 saturated heterocycles. The molecule has 0 N–H and O–H groups in total. The van der Waals surface area contributed by atoms with E-state index in [1.54, 1.807) is 41.1 Å². The van der Waals surface area contributed by atoms with Gasteiger partial charge in [0.25, 0.3) is 0 Å². The first kappa shape index (κ1) is 15.9. The highest BCUT2D eigenvalue weighted by Crippen LogP contribution is 2.20. The van der Waals surface area contributed by atoms with Crippen LogP contribution in [0.25, 0.3) is 0 Å². The maximum atomic E-state index is 12.9. The number of aromatic nitrogens is 3. The van der Waals surface area contributed by atoms with Gasteiger partial charge >= 0.3 is 0 Å². The smallest absolute Gasteiger partial charge is 0.187 e. The summed E-state index contributed by atoms with van der Waals surface area (Å²) in [4.78, 5) is 16.8. The third kappa shape index (κ3) is 3.50. The molecular formula is C18H13ClN4O. The van der Waals surface area contributed by atoms with Crippen molar-refractivity contribution in [2.24, 2.45) is 0 Å². The van der Waals surface area contributed by atoms with Crippen LogP contribution < -0.4 is 0 Å². The van der Waals surface area contributed by atoms with E-state index in [0.29, 0.717) is 22.6 Å². The fraction of sp³-hybridized carbons (Fsp3) is 0.111. The van der Waals surface area contributed by atoms with E-state index in [0.717, 1.165) is 5.56 Å². The SMILES string of the molecule is N#Cc1ccc(CC(C(=O)c2ccc(Cl)cc2)n2cncn2)cc1. The molecule has 118 valence electrons. The number of hydrogen-bond donors (Lipinski definition) is 0. The van der Waals surface area contributed by atoms with Gasteiger partial charge in [-0.05, 0) is 42.0 Å². The van der Waals surface area contributed by atoms with Crippen LogP contribution in [0.15, 0.2) is 61.2 Å². The van der Waals surface area contributed by atoms with Gasteiger partial charge in [0.15, 0.2) is 5.78 Å². The zero-order valence-electron chi connectivity index (χ0n) is 12.6. The summed E-state index contributed by atoms with van der Waals surface area (Å²) in [5.74, 6) is -0.0680. The first-order valence-corrected chi connectivity index (χ1v) is 7.68. The molecule has 0 bridgehead atoms. The molecule has 6 heteroatoms. The van der Waals surface area contributed by atoms with Gasteiger partial charge in [0, 0.05) is 17.0 Å². The average Bonchev–Trinajstić information content (AvgIpc) is 3.14. The number of nitrogens with zero attached hydrogens (tertiary/aromatic N) is 4. The molecule has 0 amide bonds. The summed E-state index contributed by atoms with van der Waals surface area (Å²) in [5.41, 5.74) is 2.09. The Labute approximate surface area is 144 Å². The van der Waals surface area contributed by atoms with Crippen LogP contribution in [0.2, 0.25) is 5.02 Å². The van der Waals surface area contributed by atoms with E-state index < -0.39 is 6.04 Å². The fourth-order valence-corrected chi connectivity index (χ4v) is 2.56. The maximum Gasteiger partial charge on any atom is 0.187 e. The molecule has 0 aliphatic rings. The highest BCUT2D eigenvalue weighted by Gasteiger charge is 2.23. The molecule has 0 radical (unpaired) electrons. The summed E-state index contributed by atoms with van der Waals surface area (Å²) in [6.07, 6.45) is 3.39. The third-order valence-electron chi connectivity index (χ3n) is 3.70. The van der Waals surface area contributed by atoms with Gasteiger partial charge in [-0.3, -0.25) is 4.79 Å². The molecule has 1 heterocycles. The predicted octanol–water partition coefficient (Wildman–Crippen LogP) is 3.47. The molecule has 5 nitrogen and oxygen atoms in total. The van der Waals surface area contributed by atoms with Crippen molar-refractivity contribution in [1.82, 2.24) is 14.8 Å².